The van der Waals surface area contributed by atoms with E-state index in [0.29, 0.717) is 6.04 Å². The van der Waals surface area contributed by atoms with Gasteiger partial charge in [-0.2, -0.15) is 0 Å². The highest BCUT2D eigenvalue weighted by Crippen LogP contribution is 2.23. The van der Waals surface area contributed by atoms with Crippen LogP contribution in [0.2, 0.25) is 0 Å². The lowest BCUT2D eigenvalue weighted by Crippen LogP contribution is -2.39. The second kappa shape index (κ2) is 7.28. The van der Waals surface area contributed by atoms with Crippen molar-refractivity contribution in [2.24, 2.45) is 7.05 Å². The summed E-state index contributed by atoms with van der Waals surface area (Å²) in [6.45, 7) is 7.24. The maximum atomic E-state index is 5.73. The minimum absolute atomic E-state index is 0.308. The molecule has 2 aromatic carbocycles. The molecular formula is C21H25N3S. The Labute approximate surface area is 155 Å². The highest BCUT2D eigenvalue weighted by molar-refractivity contribution is 7.80. The first-order valence-electron chi connectivity index (χ1n) is 8.63. The molecule has 0 aliphatic carbocycles. The topological polar surface area (TPSA) is 20.2 Å². The Morgan fingerprint density at radius 2 is 1.80 bits per heavy atom. The Morgan fingerprint density at radius 1 is 1.12 bits per heavy atom. The second-order valence-electron chi connectivity index (χ2n) is 6.75. The number of hydrogen-bond donors (Lipinski definition) is 1. The third-order valence-electron chi connectivity index (χ3n) is 4.59. The van der Waals surface area contributed by atoms with Crippen LogP contribution in [0.25, 0.3) is 10.9 Å². The highest BCUT2D eigenvalue weighted by atomic mass is 32.1. The van der Waals surface area contributed by atoms with E-state index in [-0.39, 0.29) is 0 Å². The lowest BCUT2D eigenvalue weighted by molar-refractivity contribution is 0.349. The van der Waals surface area contributed by atoms with Crippen molar-refractivity contribution in [1.29, 1.82) is 0 Å². The molecule has 0 unspecified atom stereocenters. The van der Waals surface area contributed by atoms with Crippen LogP contribution in [0.1, 0.15) is 25.0 Å². The lowest BCUT2D eigenvalue weighted by atomic mass is 10.1. The van der Waals surface area contributed by atoms with Crippen molar-refractivity contribution >= 4 is 33.9 Å². The molecule has 1 N–H and O–H groups in total. The van der Waals surface area contributed by atoms with E-state index in [1.165, 1.54) is 22.0 Å². The van der Waals surface area contributed by atoms with Crippen molar-refractivity contribution < 1.29 is 0 Å². The van der Waals surface area contributed by atoms with E-state index < -0.39 is 0 Å². The van der Waals surface area contributed by atoms with Crippen molar-refractivity contribution in [1.82, 2.24) is 9.47 Å². The van der Waals surface area contributed by atoms with E-state index in [9.17, 15) is 0 Å². The molecule has 0 spiro atoms. The van der Waals surface area contributed by atoms with E-state index in [4.69, 9.17) is 12.2 Å². The van der Waals surface area contributed by atoms with Crippen LogP contribution in [0.5, 0.6) is 0 Å². The fraction of sp³-hybridized carbons (Fsp3) is 0.286. The van der Waals surface area contributed by atoms with E-state index in [1.54, 1.807) is 0 Å². The van der Waals surface area contributed by atoms with Crippen LogP contribution < -0.4 is 5.32 Å². The lowest BCUT2D eigenvalue weighted by Gasteiger charge is -2.30. The molecule has 0 amide bonds. The van der Waals surface area contributed by atoms with Gasteiger partial charge in [-0.05, 0) is 56.2 Å². The zero-order valence-electron chi connectivity index (χ0n) is 15.3. The molecule has 0 aliphatic heterocycles. The molecule has 0 radical (unpaired) electrons. The van der Waals surface area contributed by atoms with Gasteiger partial charge in [0, 0.05) is 42.4 Å². The summed E-state index contributed by atoms with van der Waals surface area (Å²) in [5, 5.41) is 5.47. The van der Waals surface area contributed by atoms with Gasteiger partial charge in [-0.3, -0.25) is 0 Å². The molecule has 0 fully saturated rings. The highest BCUT2D eigenvalue weighted by Gasteiger charge is 2.17. The molecule has 0 bridgehead atoms. The van der Waals surface area contributed by atoms with Gasteiger partial charge in [0.25, 0.3) is 0 Å². The molecule has 3 aromatic rings. The van der Waals surface area contributed by atoms with Crippen molar-refractivity contribution in [3.8, 4) is 0 Å². The Morgan fingerprint density at radius 3 is 2.52 bits per heavy atom. The van der Waals surface area contributed by atoms with Crippen LogP contribution in [0, 0.1) is 6.92 Å². The number of aryl methyl sites for hydroxylation is 2. The summed E-state index contributed by atoms with van der Waals surface area (Å²) in [4.78, 5) is 2.24. The normalized spacial score (nSPS) is 11.1. The average molecular weight is 352 g/mol. The van der Waals surface area contributed by atoms with Crippen LogP contribution in [0.4, 0.5) is 5.69 Å². The minimum atomic E-state index is 0.308. The molecule has 0 saturated heterocycles. The van der Waals surface area contributed by atoms with E-state index in [1.807, 2.05) is 12.1 Å². The number of benzene rings is 2. The van der Waals surface area contributed by atoms with Crippen LogP contribution in [-0.2, 0) is 13.6 Å². The van der Waals surface area contributed by atoms with E-state index in [0.717, 1.165) is 17.3 Å². The first-order chi connectivity index (χ1) is 12.0. The van der Waals surface area contributed by atoms with E-state index in [2.05, 4.69) is 85.2 Å². The zero-order valence-corrected chi connectivity index (χ0v) is 16.1. The molecule has 1 aromatic heterocycles. The number of aromatic nitrogens is 1. The molecule has 0 atom stereocenters. The Bertz CT molecular complexity index is 895. The van der Waals surface area contributed by atoms with Gasteiger partial charge in [-0.1, -0.05) is 36.4 Å². The zero-order chi connectivity index (χ0) is 18.0. The average Bonchev–Trinajstić information content (AvgIpc) is 2.91. The molecule has 3 rings (SSSR count). The smallest absolute Gasteiger partial charge is 0.173 e. The number of hydrogen-bond acceptors (Lipinski definition) is 1. The van der Waals surface area contributed by atoms with Gasteiger partial charge in [-0.25, -0.2) is 0 Å². The first kappa shape index (κ1) is 17.5. The number of nitrogens with one attached hydrogen (secondary N) is 1. The molecule has 1 heterocycles. The van der Waals surface area contributed by atoms with Crippen LogP contribution >= 0.6 is 12.2 Å². The summed E-state index contributed by atoms with van der Waals surface area (Å²) in [5.74, 6) is 0. The Balaban J connectivity index is 1.86. The summed E-state index contributed by atoms with van der Waals surface area (Å²) in [6, 6.07) is 17.0. The molecular weight excluding hydrogens is 326 g/mol. The first-order valence-corrected chi connectivity index (χ1v) is 9.04. The monoisotopic (exact) mass is 351 g/mol. The standard InChI is InChI=1S/C21H25N3S/c1-15(2)24(21(25)22-19-11-7-5-9-16(19)3)14-17-13-23(4)20-12-8-6-10-18(17)20/h5-13,15H,14H2,1-4H3,(H,22,25). The molecule has 3 nitrogen and oxygen atoms in total. The van der Waals surface area contributed by atoms with Gasteiger partial charge in [0.05, 0.1) is 0 Å². The van der Waals surface area contributed by atoms with Gasteiger partial charge in [0.2, 0.25) is 0 Å². The molecule has 0 saturated carbocycles. The van der Waals surface area contributed by atoms with Crippen molar-refractivity contribution in [2.45, 2.75) is 33.4 Å². The quantitative estimate of drug-likeness (QED) is 0.661. The van der Waals surface area contributed by atoms with Crippen LogP contribution in [-0.4, -0.2) is 20.6 Å². The Kier molecular flexibility index (Phi) is 5.09. The van der Waals surface area contributed by atoms with E-state index >= 15 is 0 Å². The van der Waals surface area contributed by atoms with Crippen molar-refractivity contribution in [3.63, 3.8) is 0 Å². The van der Waals surface area contributed by atoms with Gasteiger partial charge >= 0.3 is 0 Å². The number of anilines is 1. The summed E-state index contributed by atoms with van der Waals surface area (Å²) in [5.41, 5.74) is 4.80. The van der Waals surface area contributed by atoms with Gasteiger partial charge in [0.15, 0.2) is 5.11 Å². The predicted octanol–water partition coefficient (Wildman–Crippen LogP) is 5.09. The molecule has 0 aliphatic rings. The van der Waals surface area contributed by atoms with Gasteiger partial charge in [0.1, 0.15) is 0 Å². The third-order valence-corrected chi connectivity index (χ3v) is 4.93. The minimum Gasteiger partial charge on any atom is -0.350 e. The molecule has 25 heavy (non-hydrogen) atoms. The second-order valence-corrected chi connectivity index (χ2v) is 7.14. The third kappa shape index (κ3) is 3.69. The van der Waals surface area contributed by atoms with Gasteiger partial charge in [-0.15, -0.1) is 0 Å². The number of nitrogens with zero attached hydrogens (tertiary/aromatic N) is 2. The summed E-state index contributed by atoms with van der Waals surface area (Å²) in [7, 11) is 2.09. The van der Waals surface area contributed by atoms with Gasteiger partial charge < -0.3 is 14.8 Å². The summed E-state index contributed by atoms with van der Waals surface area (Å²) in [6.07, 6.45) is 2.20. The largest absolute Gasteiger partial charge is 0.350 e. The SMILES string of the molecule is Cc1ccccc1NC(=S)N(Cc1cn(C)c2ccccc12)C(C)C. The number of rotatable bonds is 4. The predicted molar refractivity (Wildman–Crippen MR) is 111 cm³/mol. The Hall–Kier alpha value is -2.33. The number of fused-ring (bicyclic) bond motifs is 1. The summed E-state index contributed by atoms with van der Waals surface area (Å²) < 4.78 is 2.18. The number of para-hydroxylation sites is 2. The number of thiocarbonyl (C=S) groups is 1. The fourth-order valence-electron chi connectivity index (χ4n) is 3.12. The summed E-state index contributed by atoms with van der Waals surface area (Å²) >= 11 is 5.73. The fourth-order valence-corrected chi connectivity index (χ4v) is 3.51. The van der Waals surface area contributed by atoms with Crippen LogP contribution in [0.15, 0.2) is 54.7 Å². The van der Waals surface area contributed by atoms with Crippen molar-refractivity contribution in [2.75, 3.05) is 5.32 Å². The maximum absolute atomic E-state index is 5.73. The molecule has 4 heteroatoms. The van der Waals surface area contributed by atoms with Crippen molar-refractivity contribution in [3.05, 3.63) is 65.9 Å². The van der Waals surface area contributed by atoms with Crippen LogP contribution in [0.3, 0.4) is 0 Å². The maximum Gasteiger partial charge on any atom is 0.173 e. The molecule has 130 valence electrons.